The fraction of sp³-hybridized carbons (Fsp3) is 0.740. The number of ketones is 1. The summed E-state index contributed by atoms with van der Waals surface area (Å²) in [5.74, 6) is -3.76. The fourth-order valence-electron chi connectivity index (χ4n) is 10.8. The number of nitrogens with one attached hydrogen (secondary N) is 1. The van der Waals surface area contributed by atoms with Crippen LogP contribution in [0.5, 0.6) is 0 Å². The Bertz CT molecular complexity index is 2010. The second-order valence-corrected chi connectivity index (χ2v) is 23.2. The highest BCUT2D eigenvalue weighted by Gasteiger charge is 2.60. The predicted molar refractivity (Wildman–Crippen MR) is 253 cm³/mol. The molecular formula is C50H76N6O9S. The van der Waals surface area contributed by atoms with Crippen molar-refractivity contribution < 1.29 is 43.7 Å². The Morgan fingerprint density at radius 3 is 2.39 bits per heavy atom. The van der Waals surface area contributed by atoms with E-state index in [4.69, 9.17) is 4.74 Å². The Labute approximate surface area is 396 Å². The Kier molecular flexibility index (Phi) is 16.2. The first-order chi connectivity index (χ1) is 30.9. The summed E-state index contributed by atoms with van der Waals surface area (Å²) < 4.78 is 6.36. The van der Waals surface area contributed by atoms with Gasteiger partial charge in [0.2, 0.25) is 17.6 Å². The van der Waals surface area contributed by atoms with Crippen molar-refractivity contribution in [3.05, 3.63) is 40.7 Å². The van der Waals surface area contributed by atoms with Gasteiger partial charge in [-0.1, -0.05) is 47.6 Å². The van der Waals surface area contributed by atoms with Crippen LogP contribution in [-0.2, 0) is 39.9 Å². The average Bonchev–Trinajstić information content (AvgIpc) is 3.95. The zero-order valence-electron chi connectivity index (χ0n) is 41.0. The van der Waals surface area contributed by atoms with E-state index < -0.39 is 53.2 Å². The second kappa shape index (κ2) is 20.8. The molecule has 1 aromatic rings. The van der Waals surface area contributed by atoms with Gasteiger partial charge in [0.15, 0.2) is 0 Å². The third-order valence-corrected chi connectivity index (χ3v) is 16.7. The molecule has 0 spiro atoms. The van der Waals surface area contributed by atoms with E-state index in [1.807, 2.05) is 44.1 Å². The number of likely N-dealkylation sites (N-methyl/N-ethyl adjacent to an activating group) is 1. The van der Waals surface area contributed by atoms with Gasteiger partial charge in [-0.2, -0.15) is 0 Å². The van der Waals surface area contributed by atoms with Crippen molar-refractivity contribution in [1.82, 2.24) is 29.9 Å². The van der Waals surface area contributed by atoms with Crippen LogP contribution in [0.3, 0.4) is 0 Å². The molecule has 6 rings (SSSR count). The van der Waals surface area contributed by atoms with Crippen molar-refractivity contribution >= 4 is 47.2 Å². The number of rotatable bonds is 20. The van der Waals surface area contributed by atoms with Gasteiger partial charge in [0, 0.05) is 71.6 Å². The van der Waals surface area contributed by atoms with Gasteiger partial charge in [0.1, 0.15) is 17.8 Å². The maximum absolute atomic E-state index is 14.1. The maximum atomic E-state index is 14.1. The molecule has 3 amide bonds. The van der Waals surface area contributed by atoms with E-state index in [2.05, 4.69) is 42.9 Å². The topological polar surface area (TPSA) is 190 Å². The average molecular weight is 937 g/mol. The lowest BCUT2D eigenvalue weighted by Crippen LogP contribution is -2.63. The smallest absolute Gasteiger partial charge is 0.353 e. The number of nitrogens with zero attached hydrogens (tertiary/aromatic N) is 5. The summed E-state index contributed by atoms with van der Waals surface area (Å²) in [6.07, 6.45) is 9.75. The van der Waals surface area contributed by atoms with E-state index in [-0.39, 0.29) is 57.8 Å². The van der Waals surface area contributed by atoms with Crippen molar-refractivity contribution in [2.45, 2.75) is 180 Å². The van der Waals surface area contributed by atoms with Crippen LogP contribution in [0, 0.1) is 22.7 Å². The molecule has 4 saturated heterocycles. The van der Waals surface area contributed by atoms with Gasteiger partial charge in [-0.15, -0.1) is 11.8 Å². The SMILES string of the molecule is CCC(C)(C)C(=O)C(=O)N1CCCC[C@H]1C(=O)O[C@H](CCc1cccnc1)CC(C)(C)CCC(C)(C)N[C@H]1CCN(C(=O)[C@@H]2C[C@H](SC3=C(C(=O)O)N4C(=O)[C@H]([C@@H](C)O)[C@H]4[C@H]3C)CN2C)C1. The molecule has 366 valence electrons. The largest absolute Gasteiger partial charge is 0.477 e. The first kappa shape index (κ1) is 51.5. The third-order valence-electron chi connectivity index (χ3n) is 15.2. The third kappa shape index (κ3) is 11.5. The second-order valence-electron chi connectivity index (χ2n) is 21.9. The van der Waals surface area contributed by atoms with Crippen LogP contribution in [0.2, 0.25) is 0 Å². The molecule has 3 N–H and O–H groups in total. The normalized spacial score (nSPS) is 27.2. The number of ether oxygens (including phenoxy) is 1. The molecule has 16 heteroatoms. The molecule has 0 bridgehead atoms. The summed E-state index contributed by atoms with van der Waals surface area (Å²) in [6, 6.07) is 2.53. The maximum Gasteiger partial charge on any atom is 0.353 e. The number of carboxylic acids is 1. The zero-order valence-corrected chi connectivity index (χ0v) is 41.8. The first-order valence-electron chi connectivity index (χ1n) is 24.3. The number of thioether (sulfide) groups is 1. The highest BCUT2D eigenvalue weighted by atomic mass is 32.2. The summed E-state index contributed by atoms with van der Waals surface area (Å²) in [7, 11) is 1.94. The number of hydrogen-bond acceptors (Lipinski definition) is 12. The van der Waals surface area contributed by atoms with Crippen molar-refractivity contribution in [1.29, 1.82) is 0 Å². The van der Waals surface area contributed by atoms with Crippen molar-refractivity contribution in [3.63, 3.8) is 0 Å². The van der Waals surface area contributed by atoms with Crippen LogP contribution in [0.4, 0.5) is 0 Å². The predicted octanol–water partition coefficient (Wildman–Crippen LogP) is 5.44. The van der Waals surface area contributed by atoms with E-state index in [1.165, 1.54) is 21.6 Å². The molecule has 4 fully saturated rings. The van der Waals surface area contributed by atoms with Gasteiger partial charge in [0.05, 0.1) is 24.1 Å². The number of pyridine rings is 1. The number of likely N-dealkylation sites (tertiary alicyclic amines) is 3. The lowest BCUT2D eigenvalue weighted by atomic mass is 9.78. The molecule has 66 heavy (non-hydrogen) atoms. The van der Waals surface area contributed by atoms with E-state index in [0.717, 1.165) is 37.7 Å². The number of aryl methyl sites for hydroxylation is 1. The molecule has 6 heterocycles. The van der Waals surface area contributed by atoms with E-state index in [1.54, 1.807) is 27.0 Å². The standard InChI is InChI=1S/C50H76N6O9S/c1-11-49(6,7)42(58)45(61)55-23-13-12-16-36(55)47(64)65-34(18-17-32-15-14-22-51-27-32)26-48(4,5)20-21-50(8,9)52-33-19-24-54(28-33)43(59)37-25-35(29-53(37)10)66-41-30(2)39-38(31(3)57)44(60)56(39)40(41)46(62)63/h14-15,22,27,30-31,33-39,52,57H,11-13,16-21,23-26,28-29H2,1-10H3,(H,62,63)/t30-,31-,33+,34-,35+,36+,37+,38-,39-/m1/s1. The number of piperidine rings is 1. The Morgan fingerprint density at radius 1 is 1.02 bits per heavy atom. The van der Waals surface area contributed by atoms with Gasteiger partial charge in [-0.25, -0.2) is 9.59 Å². The lowest BCUT2D eigenvalue weighted by Gasteiger charge is -2.46. The Morgan fingerprint density at radius 2 is 1.74 bits per heavy atom. The molecule has 0 saturated carbocycles. The number of carboxylic acid groups (broad SMARTS) is 1. The molecule has 5 aliphatic rings. The molecule has 5 aliphatic heterocycles. The van der Waals surface area contributed by atoms with E-state index >= 15 is 0 Å². The summed E-state index contributed by atoms with van der Waals surface area (Å²) in [6.45, 7) is 19.9. The quantitative estimate of drug-likeness (QED) is 0.0853. The van der Waals surface area contributed by atoms with Crippen LogP contribution in [-0.4, -0.2) is 151 Å². The number of fused-ring (bicyclic) bond motifs is 1. The van der Waals surface area contributed by atoms with Gasteiger partial charge < -0.3 is 35.0 Å². The molecule has 0 unspecified atom stereocenters. The Hall–Kier alpha value is -3.86. The van der Waals surface area contributed by atoms with Crippen LogP contribution in [0.1, 0.15) is 132 Å². The number of aliphatic carboxylic acids is 1. The number of carbonyl (C=O) groups is 6. The van der Waals surface area contributed by atoms with Gasteiger partial charge in [-0.3, -0.25) is 29.1 Å². The fourth-order valence-corrected chi connectivity index (χ4v) is 12.4. The highest BCUT2D eigenvalue weighted by Crippen LogP contribution is 2.52. The minimum atomic E-state index is -1.14. The number of Topliss-reactive ketones (excluding diaryl/α,β-unsaturated/α-hetero) is 1. The summed E-state index contributed by atoms with van der Waals surface area (Å²) in [5.41, 5.74) is -0.221. The van der Waals surface area contributed by atoms with Crippen LogP contribution in [0.25, 0.3) is 0 Å². The summed E-state index contributed by atoms with van der Waals surface area (Å²) in [5, 5.41) is 24.2. The molecule has 0 aliphatic carbocycles. The first-order valence-corrected chi connectivity index (χ1v) is 25.2. The number of aliphatic hydroxyl groups is 1. The number of β-lactam (4-membered cyclic amide) rings is 1. The number of aliphatic hydroxyl groups excluding tert-OH is 1. The number of esters is 1. The molecule has 9 atom stereocenters. The summed E-state index contributed by atoms with van der Waals surface area (Å²) >= 11 is 1.47. The molecule has 15 nitrogen and oxygen atoms in total. The van der Waals surface area contributed by atoms with Gasteiger partial charge in [0.25, 0.3) is 5.91 Å². The number of hydrogen-bond donors (Lipinski definition) is 3. The summed E-state index contributed by atoms with van der Waals surface area (Å²) in [4.78, 5) is 91.9. The lowest BCUT2D eigenvalue weighted by molar-refractivity contribution is -0.165. The zero-order chi connectivity index (χ0) is 48.5. The van der Waals surface area contributed by atoms with Crippen molar-refractivity contribution in [3.8, 4) is 0 Å². The van der Waals surface area contributed by atoms with Crippen LogP contribution >= 0.6 is 11.8 Å². The highest BCUT2D eigenvalue weighted by molar-refractivity contribution is 8.03. The van der Waals surface area contributed by atoms with Crippen molar-refractivity contribution in [2.24, 2.45) is 22.7 Å². The molecule has 0 aromatic carbocycles. The van der Waals surface area contributed by atoms with Crippen molar-refractivity contribution in [2.75, 3.05) is 33.2 Å². The minimum Gasteiger partial charge on any atom is -0.477 e. The van der Waals surface area contributed by atoms with E-state index in [0.29, 0.717) is 69.6 Å². The number of aromatic nitrogens is 1. The minimum absolute atomic E-state index is 0.0160. The number of carbonyl (C=O) groups excluding carboxylic acids is 5. The van der Waals surface area contributed by atoms with E-state index in [9.17, 15) is 39.0 Å². The Balaban J connectivity index is 1.02. The van der Waals surface area contributed by atoms with Crippen LogP contribution in [0.15, 0.2) is 35.1 Å². The van der Waals surface area contributed by atoms with Crippen LogP contribution < -0.4 is 5.32 Å². The van der Waals surface area contributed by atoms with Gasteiger partial charge >= 0.3 is 11.9 Å². The number of amides is 3. The molecule has 0 radical (unpaired) electrons. The molecular weight excluding hydrogens is 861 g/mol. The monoisotopic (exact) mass is 937 g/mol. The molecule has 1 aromatic heterocycles. The van der Waals surface area contributed by atoms with Gasteiger partial charge in [-0.05, 0) is 115 Å².